The van der Waals surface area contributed by atoms with Crippen molar-refractivity contribution in [2.75, 3.05) is 19.4 Å². The van der Waals surface area contributed by atoms with Crippen molar-refractivity contribution in [3.8, 4) is 23.1 Å². The van der Waals surface area contributed by atoms with E-state index in [0.29, 0.717) is 28.5 Å². The summed E-state index contributed by atoms with van der Waals surface area (Å²) in [4.78, 5) is 45.7. The molecule has 0 bridgehead atoms. The smallest absolute Gasteiger partial charge is 0.410 e. The quantitative estimate of drug-likeness (QED) is 0.269. The zero-order chi connectivity index (χ0) is 34.0. The topological polar surface area (TPSA) is 153 Å². The van der Waals surface area contributed by atoms with Gasteiger partial charge in [0.05, 0.1) is 12.6 Å². The van der Waals surface area contributed by atoms with Crippen molar-refractivity contribution < 1.29 is 19.6 Å². The lowest BCUT2D eigenvalue weighted by Crippen LogP contribution is -2.74. The molecule has 0 aliphatic rings. The van der Waals surface area contributed by atoms with Gasteiger partial charge in [-0.05, 0) is 97.0 Å². The van der Waals surface area contributed by atoms with Crippen LogP contribution in [-0.4, -0.2) is 62.6 Å². The van der Waals surface area contributed by atoms with Gasteiger partial charge in [0.1, 0.15) is 40.4 Å². The molecular formula is C35H43N8O3+. The van der Waals surface area contributed by atoms with Crippen molar-refractivity contribution in [2.45, 2.75) is 72.6 Å². The number of carbonyl (C=O) groups is 2. The molecule has 5 N–H and O–H groups in total. The Bertz CT molecular complexity index is 1860. The monoisotopic (exact) mass is 623 g/mol. The Morgan fingerprint density at radius 2 is 1.74 bits per heavy atom. The SMILES string of the molecule is C[NH2+]c1c(-c2cc(C#Cc3ccc4c(C)nccc4c3)nc(NC(=O)C(C)N(C)C(=O)OC(C)(C)C)c2)nc(C)nc1C(C)(C)N. The maximum atomic E-state index is 13.4. The van der Waals surface area contributed by atoms with Crippen molar-refractivity contribution >= 4 is 34.3 Å². The molecule has 11 nitrogen and oxygen atoms in total. The summed E-state index contributed by atoms with van der Waals surface area (Å²) in [6, 6.07) is 10.6. The van der Waals surface area contributed by atoms with Crippen molar-refractivity contribution in [3.05, 3.63) is 71.1 Å². The first-order valence-electron chi connectivity index (χ1n) is 15.1. The van der Waals surface area contributed by atoms with E-state index in [4.69, 9.17) is 15.5 Å². The highest BCUT2D eigenvalue weighted by molar-refractivity contribution is 5.96. The number of aryl methyl sites for hydroxylation is 2. The fourth-order valence-electron chi connectivity index (χ4n) is 4.80. The number of quaternary nitrogens is 1. The van der Waals surface area contributed by atoms with E-state index in [1.165, 1.54) is 11.9 Å². The number of benzene rings is 1. The lowest BCUT2D eigenvalue weighted by Gasteiger charge is -2.28. The van der Waals surface area contributed by atoms with Gasteiger partial charge in [-0.15, -0.1) is 0 Å². The standard InChI is InChI=1S/C35H42N8O3/c1-20-27-14-12-23(17-24(27)15-16-38-20)11-13-26-18-25(29-30(37-9)31(35(7,8)36)40-22(3)39-29)19-28(41-26)42-32(44)21(2)43(10)33(45)46-34(4,5)6/h12,14-19,21,37H,36H2,1-10H3,(H,41,42,44)/p+1. The minimum atomic E-state index is -0.851. The predicted molar refractivity (Wildman–Crippen MR) is 179 cm³/mol. The number of aromatic nitrogens is 4. The van der Waals surface area contributed by atoms with Gasteiger partial charge in [-0.3, -0.25) is 14.7 Å². The molecule has 0 aliphatic heterocycles. The second kappa shape index (κ2) is 13.2. The first-order valence-corrected chi connectivity index (χ1v) is 15.1. The van der Waals surface area contributed by atoms with E-state index in [9.17, 15) is 9.59 Å². The zero-order valence-corrected chi connectivity index (χ0v) is 28.2. The molecule has 0 saturated heterocycles. The van der Waals surface area contributed by atoms with Gasteiger partial charge in [0.25, 0.3) is 0 Å². The van der Waals surface area contributed by atoms with Crippen LogP contribution in [-0.2, 0) is 15.1 Å². The summed E-state index contributed by atoms with van der Waals surface area (Å²) in [6.07, 6.45) is 1.17. The van der Waals surface area contributed by atoms with E-state index < -0.39 is 29.2 Å². The third-order valence-corrected chi connectivity index (χ3v) is 7.25. The van der Waals surface area contributed by atoms with Crippen LogP contribution < -0.4 is 16.4 Å². The molecule has 2 amide bonds. The number of nitrogens with one attached hydrogen (secondary N) is 1. The molecular weight excluding hydrogens is 580 g/mol. The number of nitrogens with two attached hydrogens (primary N) is 2. The third-order valence-electron chi connectivity index (χ3n) is 7.25. The Balaban J connectivity index is 1.79. The number of hydrogen-bond donors (Lipinski definition) is 3. The van der Waals surface area contributed by atoms with Crippen LogP contribution in [0.1, 0.15) is 70.0 Å². The molecule has 0 fully saturated rings. The number of anilines is 1. The summed E-state index contributed by atoms with van der Waals surface area (Å²) >= 11 is 0. The number of carbonyl (C=O) groups excluding carboxylic acids is 2. The average molecular weight is 624 g/mol. The van der Waals surface area contributed by atoms with E-state index in [0.717, 1.165) is 27.7 Å². The highest BCUT2D eigenvalue weighted by Gasteiger charge is 2.29. The van der Waals surface area contributed by atoms with Gasteiger partial charge in [0, 0.05) is 35.5 Å². The Morgan fingerprint density at radius 3 is 2.39 bits per heavy atom. The number of rotatable bonds is 6. The van der Waals surface area contributed by atoms with Crippen molar-refractivity contribution in [1.82, 2.24) is 24.8 Å². The molecule has 240 valence electrons. The van der Waals surface area contributed by atoms with Crippen LogP contribution in [0, 0.1) is 25.7 Å². The van der Waals surface area contributed by atoms with E-state index in [-0.39, 0.29) is 5.82 Å². The minimum Gasteiger partial charge on any atom is -0.444 e. The van der Waals surface area contributed by atoms with Crippen LogP contribution in [0.4, 0.5) is 16.3 Å². The number of ether oxygens (including phenoxy) is 1. The number of amides is 2. The number of nitrogens with zero attached hydrogens (tertiary/aromatic N) is 5. The molecule has 46 heavy (non-hydrogen) atoms. The normalized spacial score (nSPS) is 12.2. The van der Waals surface area contributed by atoms with Crippen LogP contribution >= 0.6 is 0 Å². The Labute approximate surface area is 270 Å². The highest BCUT2D eigenvalue weighted by Crippen LogP contribution is 2.31. The van der Waals surface area contributed by atoms with Crippen molar-refractivity contribution in [1.29, 1.82) is 0 Å². The summed E-state index contributed by atoms with van der Waals surface area (Å²) in [5, 5.41) is 6.88. The first kappa shape index (κ1) is 34.0. The molecule has 0 saturated carbocycles. The second-order valence-corrected chi connectivity index (χ2v) is 12.9. The molecule has 1 aromatic carbocycles. The molecule has 11 heteroatoms. The number of likely N-dealkylation sites (N-methyl/N-ethyl adjacent to an activating group) is 1. The van der Waals surface area contributed by atoms with Crippen molar-refractivity contribution in [3.63, 3.8) is 0 Å². The maximum absolute atomic E-state index is 13.4. The maximum Gasteiger partial charge on any atom is 0.410 e. The molecule has 4 aromatic rings. The lowest BCUT2D eigenvalue weighted by molar-refractivity contribution is -0.540. The van der Waals surface area contributed by atoms with Gasteiger partial charge in [-0.25, -0.2) is 19.7 Å². The summed E-state index contributed by atoms with van der Waals surface area (Å²) in [5.74, 6) is 6.74. The van der Waals surface area contributed by atoms with Crippen LogP contribution in [0.25, 0.3) is 22.0 Å². The first-order chi connectivity index (χ1) is 21.5. The molecule has 0 radical (unpaired) electrons. The average Bonchev–Trinajstić information content (AvgIpc) is 2.97. The second-order valence-electron chi connectivity index (χ2n) is 12.9. The Hall–Kier alpha value is -4.92. The highest BCUT2D eigenvalue weighted by atomic mass is 16.6. The number of hydrogen-bond acceptors (Lipinski definition) is 8. The summed E-state index contributed by atoms with van der Waals surface area (Å²) < 4.78 is 5.44. The summed E-state index contributed by atoms with van der Waals surface area (Å²) in [6.45, 7) is 14.5. The van der Waals surface area contributed by atoms with E-state index >= 15 is 0 Å². The predicted octanol–water partition coefficient (Wildman–Crippen LogP) is 4.32. The molecule has 0 aliphatic carbocycles. The Kier molecular flexibility index (Phi) is 9.75. The minimum absolute atomic E-state index is 0.253. The van der Waals surface area contributed by atoms with Crippen LogP contribution in [0.15, 0.2) is 42.6 Å². The molecule has 4 rings (SSSR count). The van der Waals surface area contributed by atoms with Crippen LogP contribution in [0.5, 0.6) is 0 Å². The molecule has 1 unspecified atom stereocenters. The fraction of sp³-hybridized carbons (Fsp3) is 0.371. The number of fused-ring (bicyclic) bond motifs is 1. The third kappa shape index (κ3) is 8.02. The summed E-state index contributed by atoms with van der Waals surface area (Å²) in [5.41, 5.74) is 10.0. The molecule has 3 aromatic heterocycles. The van der Waals surface area contributed by atoms with Crippen LogP contribution in [0.3, 0.4) is 0 Å². The van der Waals surface area contributed by atoms with E-state index in [1.54, 1.807) is 40.0 Å². The van der Waals surface area contributed by atoms with Gasteiger partial charge < -0.3 is 21.1 Å². The largest absolute Gasteiger partial charge is 0.444 e. The lowest BCUT2D eigenvalue weighted by atomic mass is 9.97. The van der Waals surface area contributed by atoms with Gasteiger partial charge in [-0.2, -0.15) is 0 Å². The zero-order valence-electron chi connectivity index (χ0n) is 28.2. The number of pyridine rings is 2. The van der Waals surface area contributed by atoms with Gasteiger partial charge in [-0.1, -0.05) is 12.0 Å². The fourth-order valence-corrected chi connectivity index (χ4v) is 4.80. The molecule has 3 heterocycles. The van der Waals surface area contributed by atoms with E-state index in [1.807, 2.05) is 70.4 Å². The van der Waals surface area contributed by atoms with Crippen molar-refractivity contribution in [2.24, 2.45) is 5.73 Å². The van der Waals surface area contributed by atoms with Gasteiger partial charge in [0.2, 0.25) is 5.91 Å². The molecule has 1 atom stereocenters. The summed E-state index contributed by atoms with van der Waals surface area (Å²) in [7, 11) is 3.42. The molecule has 0 spiro atoms. The van der Waals surface area contributed by atoms with Gasteiger partial charge in [0.15, 0.2) is 5.69 Å². The van der Waals surface area contributed by atoms with Crippen LogP contribution in [0.2, 0.25) is 0 Å². The Morgan fingerprint density at radius 1 is 1.02 bits per heavy atom. The van der Waals surface area contributed by atoms with E-state index in [2.05, 4.69) is 32.1 Å². The van der Waals surface area contributed by atoms with Gasteiger partial charge >= 0.3 is 6.09 Å².